The Morgan fingerprint density at radius 2 is 0.848 bits per heavy atom. The monoisotopic (exact) mass is 468 g/mol. The van der Waals surface area contributed by atoms with Crippen molar-refractivity contribution in [3.63, 3.8) is 0 Å². The molecule has 6 nitrogen and oxygen atoms in total. The Kier molecular flexibility index (Phi) is 15.9. The van der Waals surface area contributed by atoms with Gasteiger partial charge < -0.3 is 15.3 Å². The van der Waals surface area contributed by atoms with Crippen LogP contribution in [0.3, 0.4) is 0 Å². The lowest BCUT2D eigenvalue weighted by atomic mass is 9.87. The van der Waals surface area contributed by atoms with Gasteiger partial charge in [-0.05, 0) is 56.3 Å². The SMILES string of the molecule is O=C(O)CCCCCCCC1CC1(CCCCCCCC(=O)O)CCCCCCCC(=O)O. The van der Waals surface area contributed by atoms with E-state index in [4.69, 9.17) is 15.3 Å². The lowest BCUT2D eigenvalue weighted by Gasteiger charge is -2.18. The van der Waals surface area contributed by atoms with Crippen LogP contribution in [0, 0.1) is 11.3 Å². The van der Waals surface area contributed by atoms with Gasteiger partial charge in [-0.15, -0.1) is 0 Å². The Labute approximate surface area is 200 Å². The topological polar surface area (TPSA) is 112 Å². The molecule has 1 saturated carbocycles. The van der Waals surface area contributed by atoms with Gasteiger partial charge >= 0.3 is 17.9 Å². The van der Waals surface area contributed by atoms with Crippen LogP contribution in [-0.2, 0) is 14.4 Å². The molecule has 0 heterocycles. The van der Waals surface area contributed by atoms with E-state index in [0.717, 1.165) is 63.7 Å². The molecule has 0 amide bonds. The maximum Gasteiger partial charge on any atom is 0.303 e. The molecule has 1 aliphatic rings. The fraction of sp³-hybridized carbons (Fsp3) is 0.889. The molecule has 192 valence electrons. The van der Waals surface area contributed by atoms with E-state index >= 15 is 0 Å². The average molecular weight is 469 g/mol. The van der Waals surface area contributed by atoms with Crippen molar-refractivity contribution in [1.29, 1.82) is 0 Å². The van der Waals surface area contributed by atoms with E-state index in [9.17, 15) is 14.4 Å². The number of carboxylic acid groups (broad SMARTS) is 3. The van der Waals surface area contributed by atoms with Crippen molar-refractivity contribution in [2.75, 3.05) is 0 Å². The minimum absolute atomic E-state index is 0.286. The van der Waals surface area contributed by atoms with Crippen LogP contribution >= 0.6 is 0 Å². The van der Waals surface area contributed by atoms with Gasteiger partial charge in [-0.3, -0.25) is 14.4 Å². The van der Waals surface area contributed by atoms with E-state index in [-0.39, 0.29) is 12.8 Å². The number of unbranched alkanes of at least 4 members (excludes halogenated alkanes) is 12. The van der Waals surface area contributed by atoms with Crippen LogP contribution in [-0.4, -0.2) is 33.2 Å². The molecule has 0 aromatic heterocycles. The maximum absolute atomic E-state index is 10.6. The summed E-state index contributed by atoms with van der Waals surface area (Å²) in [4.78, 5) is 31.8. The van der Waals surface area contributed by atoms with Gasteiger partial charge in [0.15, 0.2) is 0 Å². The third-order valence-electron chi connectivity index (χ3n) is 7.43. The summed E-state index contributed by atoms with van der Waals surface area (Å²) in [7, 11) is 0. The highest BCUT2D eigenvalue weighted by Crippen LogP contribution is 2.61. The normalized spacial score (nSPS) is 16.5. The zero-order valence-corrected chi connectivity index (χ0v) is 20.7. The van der Waals surface area contributed by atoms with Crippen LogP contribution in [0.1, 0.15) is 141 Å². The Balaban J connectivity index is 2.23. The number of hydrogen-bond acceptors (Lipinski definition) is 3. The van der Waals surface area contributed by atoms with Crippen LogP contribution < -0.4 is 0 Å². The molecule has 1 fully saturated rings. The number of rotatable bonds is 24. The molecule has 0 saturated heterocycles. The highest BCUT2D eigenvalue weighted by Gasteiger charge is 2.51. The minimum Gasteiger partial charge on any atom is -0.481 e. The van der Waals surface area contributed by atoms with Crippen molar-refractivity contribution in [2.45, 2.75) is 141 Å². The third kappa shape index (κ3) is 15.8. The zero-order valence-electron chi connectivity index (χ0n) is 20.7. The lowest BCUT2D eigenvalue weighted by molar-refractivity contribution is -0.138. The Morgan fingerprint density at radius 3 is 1.24 bits per heavy atom. The van der Waals surface area contributed by atoms with Crippen molar-refractivity contribution in [2.24, 2.45) is 11.3 Å². The Bertz CT molecular complexity index is 531. The van der Waals surface area contributed by atoms with E-state index in [1.165, 1.54) is 64.2 Å². The quantitative estimate of drug-likeness (QED) is 0.127. The predicted molar refractivity (Wildman–Crippen MR) is 130 cm³/mol. The molecule has 0 bridgehead atoms. The molecule has 1 unspecified atom stereocenters. The molecule has 0 aromatic rings. The first-order chi connectivity index (χ1) is 15.9. The molecule has 33 heavy (non-hydrogen) atoms. The Morgan fingerprint density at radius 1 is 0.515 bits per heavy atom. The van der Waals surface area contributed by atoms with Gasteiger partial charge in [-0.2, -0.15) is 0 Å². The summed E-state index contributed by atoms with van der Waals surface area (Å²) in [5, 5.41) is 26.2. The van der Waals surface area contributed by atoms with Crippen molar-refractivity contribution in [3.05, 3.63) is 0 Å². The summed E-state index contributed by atoms with van der Waals surface area (Å²) in [6.07, 6.45) is 22.3. The number of carbonyl (C=O) groups is 3. The lowest BCUT2D eigenvalue weighted by Crippen LogP contribution is -2.05. The van der Waals surface area contributed by atoms with Gasteiger partial charge in [-0.25, -0.2) is 0 Å². The standard InChI is InChI=1S/C27H48O6/c28-24(29)17-11-5-1-4-10-16-23-22-27(23,20-14-8-2-6-12-18-25(30)31)21-15-9-3-7-13-19-26(32)33/h23H,1-22H2,(H,28,29)(H,30,31)(H,32,33). The van der Waals surface area contributed by atoms with Crippen molar-refractivity contribution >= 4 is 17.9 Å². The van der Waals surface area contributed by atoms with Crippen molar-refractivity contribution in [3.8, 4) is 0 Å². The maximum atomic E-state index is 10.6. The van der Waals surface area contributed by atoms with Crippen LogP contribution in [0.2, 0.25) is 0 Å². The van der Waals surface area contributed by atoms with E-state index in [1.54, 1.807) is 0 Å². The molecule has 1 rings (SSSR count). The highest BCUT2D eigenvalue weighted by atomic mass is 16.4. The number of hydrogen-bond donors (Lipinski definition) is 3. The molecule has 0 aliphatic heterocycles. The zero-order chi connectivity index (χ0) is 24.4. The highest BCUT2D eigenvalue weighted by molar-refractivity contribution is 5.67. The molecule has 1 aliphatic carbocycles. The van der Waals surface area contributed by atoms with Crippen molar-refractivity contribution in [1.82, 2.24) is 0 Å². The molecule has 3 N–H and O–H groups in total. The second kappa shape index (κ2) is 17.8. The van der Waals surface area contributed by atoms with Crippen molar-refractivity contribution < 1.29 is 29.7 Å². The molecule has 1 atom stereocenters. The van der Waals surface area contributed by atoms with Crippen LogP contribution in [0.15, 0.2) is 0 Å². The summed E-state index contributed by atoms with van der Waals surface area (Å²) < 4.78 is 0. The van der Waals surface area contributed by atoms with Gasteiger partial charge in [0, 0.05) is 19.3 Å². The average Bonchev–Trinajstić information content (AvgIpc) is 3.43. The van der Waals surface area contributed by atoms with Crippen LogP contribution in [0.25, 0.3) is 0 Å². The summed E-state index contributed by atoms with van der Waals surface area (Å²) in [6, 6.07) is 0. The van der Waals surface area contributed by atoms with E-state index in [1.807, 2.05) is 0 Å². The van der Waals surface area contributed by atoms with Gasteiger partial charge in [0.05, 0.1) is 0 Å². The van der Waals surface area contributed by atoms with Gasteiger partial charge in [0.2, 0.25) is 0 Å². The number of aliphatic carboxylic acids is 3. The summed E-state index contributed by atoms with van der Waals surface area (Å²) in [6.45, 7) is 0. The fourth-order valence-corrected chi connectivity index (χ4v) is 5.34. The molecule has 0 radical (unpaired) electrons. The van der Waals surface area contributed by atoms with Crippen LogP contribution in [0.4, 0.5) is 0 Å². The largest absolute Gasteiger partial charge is 0.481 e. The Hall–Kier alpha value is -1.59. The summed E-state index contributed by atoms with van der Waals surface area (Å²) >= 11 is 0. The molecule has 6 heteroatoms. The van der Waals surface area contributed by atoms with E-state index in [2.05, 4.69) is 0 Å². The second-order valence-corrected chi connectivity index (χ2v) is 10.3. The number of carboxylic acids is 3. The van der Waals surface area contributed by atoms with E-state index < -0.39 is 17.9 Å². The first kappa shape index (κ1) is 29.4. The van der Waals surface area contributed by atoms with Crippen LogP contribution in [0.5, 0.6) is 0 Å². The fourth-order valence-electron chi connectivity index (χ4n) is 5.34. The molecule has 0 aromatic carbocycles. The van der Waals surface area contributed by atoms with Gasteiger partial charge in [0.25, 0.3) is 0 Å². The van der Waals surface area contributed by atoms with Gasteiger partial charge in [0.1, 0.15) is 0 Å². The van der Waals surface area contributed by atoms with Gasteiger partial charge in [-0.1, -0.05) is 77.0 Å². The molecular weight excluding hydrogens is 420 g/mol. The molecular formula is C27H48O6. The smallest absolute Gasteiger partial charge is 0.303 e. The summed E-state index contributed by atoms with van der Waals surface area (Å²) in [5.41, 5.74) is 0.519. The molecule has 0 spiro atoms. The summed E-state index contributed by atoms with van der Waals surface area (Å²) in [5.74, 6) is -1.24. The van der Waals surface area contributed by atoms with E-state index in [0.29, 0.717) is 11.8 Å². The minimum atomic E-state index is -0.695. The predicted octanol–water partition coefficient (Wildman–Crippen LogP) is 7.44. The second-order valence-electron chi connectivity index (χ2n) is 10.3. The third-order valence-corrected chi connectivity index (χ3v) is 7.43. The first-order valence-corrected chi connectivity index (χ1v) is 13.5. The first-order valence-electron chi connectivity index (χ1n) is 13.5.